The summed E-state index contributed by atoms with van der Waals surface area (Å²) in [7, 11) is 0. The number of thiocarbonyl (C=S) groups is 1. The highest BCUT2D eigenvalue weighted by Gasteiger charge is 2.41. The monoisotopic (exact) mass is 550 g/mol. The smallest absolute Gasteiger partial charge is 0.226 e. The van der Waals surface area contributed by atoms with E-state index in [1.165, 1.54) is 0 Å². The van der Waals surface area contributed by atoms with Gasteiger partial charge in [-0.25, -0.2) is 0 Å². The summed E-state index contributed by atoms with van der Waals surface area (Å²) in [5.41, 5.74) is 1.66. The number of amides is 1. The molecule has 0 bridgehead atoms. The number of aromatic nitrogens is 1. The van der Waals surface area contributed by atoms with Crippen molar-refractivity contribution in [3.63, 3.8) is 0 Å². The number of nitrogens with one attached hydrogen (secondary N) is 2. The first-order chi connectivity index (χ1) is 19.2. The van der Waals surface area contributed by atoms with Crippen LogP contribution in [0.5, 0.6) is 0 Å². The topological polar surface area (TPSA) is 70.4 Å². The van der Waals surface area contributed by atoms with Crippen molar-refractivity contribution in [1.29, 1.82) is 0 Å². The molecule has 39 heavy (non-hydrogen) atoms. The maximum Gasteiger partial charge on any atom is 0.226 e. The van der Waals surface area contributed by atoms with Crippen molar-refractivity contribution >= 4 is 51.5 Å². The van der Waals surface area contributed by atoms with Gasteiger partial charge in [0, 0.05) is 35.1 Å². The van der Waals surface area contributed by atoms with Crippen molar-refractivity contribution in [3.8, 4) is 0 Å². The lowest BCUT2D eigenvalue weighted by Gasteiger charge is -2.25. The van der Waals surface area contributed by atoms with Gasteiger partial charge in [0.1, 0.15) is 11.8 Å². The van der Waals surface area contributed by atoms with Crippen LogP contribution in [0.1, 0.15) is 30.0 Å². The second-order valence-corrected chi connectivity index (χ2v) is 10.7. The van der Waals surface area contributed by atoms with Crippen molar-refractivity contribution in [2.45, 2.75) is 28.5 Å². The molecular formula is C31H26N4O2S2. The van der Waals surface area contributed by atoms with E-state index in [2.05, 4.69) is 27.8 Å². The Balaban J connectivity index is 1.22. The Morgan fingerprint density at radius 2 is 1.74 bits per heavy atom. The largest absolute Gasteiger partial charge is 0.452 e. The molecular weight excluding hydrogens is 525 g/mol. The lowest BCUT2D eigenvalue weighted by atomic mass is 10.0. The van der Waals surface area contributed by atoms with Crippen LogP contribution in [0.2, 0.25) is 0 Å². The molecule has 1 aliphatic rings. The summed E-state index contributed by atoms with van der Waals surface area (Å²) >= 11 is 7.33. The van der Waals surface area contributed by atoms with Gasteiger partial charge in [0.05, 0.1) is 11.7 Å². The second kappa shape index (κ2) is 11.3. The molecule has 2 N–H and O–H groups in total. The fourth-order valence-corrected chi connectivity index (χ4v) is 6.01. The second-order valence-electron chi connectivity index (χ2n) is 9.22. The molecule has 0 spiro atoms. The number of carbonyl (C=O) groups is 1. The summed E-state index contributed by atoms with van der Waals surface area (Å²) in [6.45, 7) is 0.429. The van der Waals surface area contributed by atoms with Crippen LogP contribution in [0, 0.1) is 0 Å². The fourth-order valence-electron chi connectivity index (χ4n) is 4.88. The highest BCUT2D eigenvalue weighted by Crippen LogP contribution is 2.41. The van der Waals surface area contributed by atoms with Crippen LogP contribution in [0.15, 0.2) is 124 Å². The molecule has 6 nitrogen and oxygen atoms in total. The summed E-state index contributed by atoms with van der Waals surface area (Å²) in [5.74, 6) is 0.694. The highest BCUT2D eigenvalue weighted by atomic mass is 32.2. The fraction of sp³-hybridized carbons (Fsp3) is 0.129. The van der Waals surface area contributed by atoms with E-state index in [4.69, 9.17) is 16.6 Å². The zero-order valence-electron chi connectivity index (χ0n) is 21.0. The number of hydrogen-bond donors (Lipinski definition) is 2. The van der Waals surface area contributed by atoms with Gasteiger partial charge < -0.3 is 20.0 Å². The number of benzene rings is 3. The third kappa shape index (κ3) is 5.53. The lowest BCUT2D eigenvalue weighted by Crippen LogP contribution is -2.32. The zero-order chi connectivity index (χ0) is 26.6. The predicted molar refractivity (Wildman–Crippen MR) is 159 cm³/mol. The van der Waals surface area contributed by atoms with Gasteiger partial charge in [-0.1, -0.05) is 72.4 Å². The molecule has 5 aromatic rings. The van der Waals surface area contributed by atoms with Gasteiger partial charge in [-0.05, 0) is 60.1 Å². The molecule has 2 atom stereocenters. The summed E-state index contributed by atoms with van der Waals surface area (Å²) in [6, 6.07) is 33.4. The Labute approximate surface area is 236 Å². The van der Waals surface area contributed by atoms with Crippen molar-refractivity contribution in [2.75, 3.05) is 11.9 Å². The summed E-state index contributed by atoms with van der Waals surface area (Å²) in [6.07, 6.45) is 2.04. The maximum absolute atomic E-state index is 13.1. The van der Waals surface area contributed by atoms with E-state index in [1.807, 2.05) is 95.9 Å². The molecule has 194 valence electrons. The first-order valence-electron chi connectivity index (χ1n) is 12.7. The van der Waals surface area contributed by atoms with Crippen LogP contribution in [-0.4, -0.2) is 27.4 Å². The Kier molecular flexibility index (Phi) is 7.29. The number of carbonyl (C=O) groups excluding carboxylic acids is 1. The first kappa shape index (κ1) is 25.2. The van der Waals surface area contributed by atoms with Gasteiger partial charge in [0.15, 0.2) is 10.2 Å². The lowest BCUT2D eigenvalue weighted by molar-refractivity contribution is -0.116. The molecule has 0 saturated carbocycles. The van der Waals surface area contributed by atoms with Crippen LogP contribution < -0.4 is 10.6 Å². The van der Waals surface area contributed by atoms with E-state index >= 15 is 0 Å². The number of anilines is 1. The number of pyridine rings is 1. The minimum absolute atomic E-state index is 0.0750. The van der Waals surface area contributed by atoms with E-state index < -0.39 is 0 Å². The van der Waals surface area contributed by atoms with Crippen LogP contribution in [0.25, 0.3) is 10.8 Å². The molecule has 2 aromatic heterocycles. The maximum atomic E-state index is 13.1. The number of rotatable bonds is 8. The molecule has 1 fully saturated rings. The number of fused-ring (bicyclic) bond motifs is 1. The molecule has 3 heterocycles. The predicted octanol–water partition coefficient (Wildman–Crippen LogP) is 6.98. The van der Waals surface area contributed by atoms with Crippen molar-refractivity contribution in [1.82, 2.24) is 15.2 Å². The molecule has 1 amide bonds. The first-order valence-corrected chi connectivity index (χ1v) is 14.0. The molecule has 1 saturated heterocycles. The quantitative estimate of drug-likeness (QED) is 0.202. The van der Waals surface area contributed by atoms with Crippen LogP contribution in [-0.2, 0) is 4.79 Å². The van der Waals surface area contributed by atoms with E-state index in [0.29, 0.717) is 11.7 Å². The Hall–Kier alpha value is -4.14. The van der Waals surface area contributed by atoms with Crippen LogP contribution in [0.3, 0.4) is 0 Å². The van der Waals surface area contributed by atoms with Gasteiger partial charge >= 0.3 is 0 Å². The van der Waals surface area contributed by atoms with Crippen LogP contribution >= 0.6 is 24.0 Å². The van der Waals surface area contributed by atoms with Gasteiger partial charge in [0.2, 0.25) is 5.91 Å². The van der Waals surface area contributed by atoms with Gasteiger partial charge in [-0.3, -0.25) is 9.78 Å². The number of hydrogen-bond acceptors (Lipinski definition) is 5. The highest BCUT2D eigenvalue weighted by molar-refractivity contribution is 7.99. The molecule has 8 heteroatoms. The standard InChI is InChI=1S/C31H26N4O2S2/c36-27(33-24-15-8-10-21-9-4-5-13-23(21)24)18-20-35-30(29(34-31(35)38)25-14-6-7-19-32-25)26-16-17-28(37-26)39-22-11-2-1-3-12-22/h1-17,19,29-30H,18,20H2,(H,33,36)(H,34,38)/t29-,30-/m1/s1. The Morgan fingerprint density at radius 1 is 0.949 bits per heavy atom. The third-order valence-corrected chi connectivity index (χ3v) is 7.98. The molecule has 0 aliphatic carbocycles. The molecule has 0 unspecified atom stereocenters. The van der Waals surface area contributed by atoms with Gasteiger partial charge in [-0.15, -0.1) is 0 Å². The molecule has 6 rings (SSSR count). The third-order valence-electron chi connectivity index (χ3n) is 6.70. The minimum Gasteiger partial charge on any atom is -0.452 e. The number of furan rings is 1. The van der Waals surface area contributed by atoms with E-state index in [0.717, 1.165) is 37.9 Å². The minimum atomic E-state index is -0.247. The van der Waals surface area contributed by atoms with E-state index in [9.17, 15) is 4.79 Å². The van der Waals surface area contributed by atoms with E-state index in [-0.39, 0.29) is 24.4 Å². The van der Waals surface area contributed by atoms with E-state index in [1.54, 1.807) is 18.0 Å². The van der Waals surface area contributed by atoms with Crippen molar-refractivity contribution in [3.05, 3.63) is 121 Å². The average Bonchev–Trinajstić information content (AvgIpc) is 3.56. The SMILES string of the molecule is O=C(CCN1C(=S)N[C@H](c2ccccn2)[C@H]1c1ccc(Sc2ccccc2)o1)Nc1cccc2ccccc12. The van der Waals surface area contributed by atoms with Crippen molar-refractivity contribution < 1.29 is 9.21 Å². The zero-order valence-corrected chi connectivity index (χ0v) is 22.6. The Morgan fingerprint density at radius 3 is 2.59 bits per heavy atom. The van der Waals surface area contributed by atoms with Gasteiger partial charge in [-0.2, -0.15) is 0 Å². The summed E-state index contributed by atoms with van der Waals surface area (Å²) in [5, 5.41) is 9.97. The molecule has 1 aliphatic heterocycles. The molecule has 3 aromatic carbocycles. The van der Waals surface area contributed by atoms with Crippen LogP contribution in [0.4, 0.5) is 5.69 Å². The average molecular weight is 551 g/mol. The Bertz CT molecular complexity index is 1600. The summed E-state index contributed by atoms with van der Waals surface area (Å²) in [4.78, 5) is 20.8. The van der Waals surface area contributed by atoms with Gasteiger partial charge in [0.25, 0.3) is 0 Å². The normalized spacial score (nSPS) is 16.8. The molecule has 0 radical (unpaired) electrons. The number of nitrogens with zero attached hydrogens (tertiary/aromatic N) is 2. The summed E-state index contributed by atoms with van der Waals surface area (Å²) < 4.78 is 6.35. The van der Waals surface area contributed by atoms with Crippen molar-refractivity contribution in [2.24, 2.45) is 0 Å².